The van der Waals surface area contributed by atoms with E-state index in [-0.39, 0.29) is 5.37 Å². The van der Waals surface area contributed by atoms with Crippen LogP contribution < -0.4 is 5.32 Å². The Balaban J connectivity index is 1.30. The van der Waals surface area contributed by atoms with Crippen molar-refractivity contribution >= 4 is 44.9 Å². The summed E-state index contributed by atoms with van der Waals surface area (Å²) in [6.45, 7) is 0. The molecule has 5 heterocycles. The Morgan fingerprint density at radius 1 is 0.683 bits per heavy atom. The second kappa shape index (κ2) is 10.0. The lowest BCUT2D eigenvalue weighted by atomic mass is 10.0. The minimum absolute atomic E-state index is 0.149. The topological polar surface area (TPSA) is 55.6 Å². The summed E-state index contributed by atoms with van der Waals surface area (Å²) in [5.41, 5.74) is 9.38. The van der Waals surface area contributed by atoms with Crippen LogP contribution in [-0.2, 0) is 0 Å². The third-order valence-electron chi connectivity index (χ3n) is 7.34. The van der Waals surface area contributed by atoms with Crippen LogP contribution in [0.25, 0.3) is 60.7 Å². The highest BCUT2D eigenvalue weighted by Crippen LogP contribution is 2.37. The standard InChI is InChI=1S/C34H23N5S2/c1-2-6-24(7-3-1)39-31-20-22(27-8-4-10-29(37-27)33-35-16-18-40-33)12-14-25(31)26-15-13-23(21-32(26)39)28-9-5-11-30(38-28)34-36-17-19-41-34/h1-21,33,35H. The van der Waals surface area contributed by atoms with Gasteiger partial charge >= 0.3 is 0 Å². The van der Waals surface area contributed by atoms with Crippen molar-refractivity contribution < 1.29 is 0 Å². The molecule has 1 aliphatic rings. The number of aromatic nitrogens is 4. The van der Waals surface area contributed by atoms with Crippen molar-refractivity contribution in [1.29, 1.82) is 0 Å². The van der Waals surface area contributed by atoms with E-state index in [1.807, 2.05) is 23.8 Å². The lowest BCUT2D eigenvalue weighted by molar-refractivity contribution is 0.829. The second-order valence-corrected chi connectivity index (χ2v) is 11.7. The van der Waals surface area contributed by atoms with Crippen LogP contribution in [0.4, 0.5) is 0 Å². The number of hydrogen-bond acceptors (Lipinski definition) is 6. The summed E-state index contributed by atoms with van der Waals surface area (Å²) in [5, 5.41) is 10.9. The van der Waals surface area contributed by atoms with Gasteiger partial charge in [0.25, 0.3) is 0 Å². The summed E-state index contributed by atoms with van der Waals surface area (Å²) in [6.07, 6.45) is 3.80. The van der Waals surface area contributed by atoms with Crippen molar-refractivity contribution in [3.8, 4) is 38.9 Å². The number of thiazole rings is 1. The predicted molar refractivity (Wildman–Crippen MR) is 171 cm³/mol. The normalized spacial score (nSPS) is 14.6. The third kappa shape index (κ3) is 4.30. The molecule has 0 saturated carbocycles. The number of nitrogens with one attached hydrogen (secondary N) is 1. The summed E-state index contributed by atoms with van der Waals surface area (Å²) >= 11 is 3.34. The first kappa shape index (κ1) is 24.1. The van der Waals surface area contributed by atoms with E-state index in [0.717, 1.165) is 55.6 Å². The van der Waals surface area contributed by atoms with E-state index in [1.165, 1.54) is 10.8 Å². The van der Waals surface area contributed by atoms with Gasteiger partial charge in [-0.2, -0.15) is 0 Å². The molecule has 0 spiro atoms. The number of benzene rings is 3. The molecule has 1 atom stereocenters. The first-order valence-corrected chi connectivity index (χ1v) is 15.2. The van der Waals surface area contributed by atoms with Gasteiger partial charge < -0.3 is 9.88 Å². The zero-order chi connectivity index (χ0) is 27.2. The van der Waals surface area contributed by atoms with E-state index in [0.29, 0.717) is 0 Å². The van der Waals surface area contributed by atoms with E-state index in [1.54, 1.807) is 23.1 Å². The van der Waals surface area contributed by atoms with Gasteiger partial charge in [0.1, 0.15) is 10.4 Å². The van der Waals surface area contributed by atoms with Gasteiger partial charge in [-0.25, -0.2) is 15.0 Å². The van der Waals surface area contributed by atoms with E-state index in [2.05, 4.69) is 117 Å². The highest BCUT2D eigenvalue weighted by molar-refractivity contribution is 8.02. The molecule has 0 bridgehead atoms. The minimum atomic E-state index is 0.149. The van der Waals surface area contributed by atoms with Crippen molar-refractivity contribution in [3.63, 3.8) is 0 Å². The maximum Gasteiger partial charge on any atom is 0.141 e. The maximum atomic E-state index is 5.03. The summed E-state index contributed by atoms with van der Waals surface area (Å²) < 4.78 is 2.35. The van der Waals surface area contributed by atoms with Gasteiger partial charge in [-0.15, -0.1) is 23.1 Å². The molecule has 196 valence electrons. The Morgan fingerprint density at radius 3 is 2.07 bits per heavy atom. The summed E-state index contributed by atoms with van der Waals surface area (Å²) in [7, 11) is 0. The number of para-hydroxylation sites is 1. The highest BCUT2D eigenvalue weighted by atomic mass is 32.2. The molecule has 7 heteroatoms. The molecular formula is C34H23N5S2. The van der Waals surface area contributed by atoms with Crippen LogP contribution in [0.15, 0.2) is 126 Å². The van der Waals surface area contributed by atoms with E-state index < -0.39 is 0 Å². The molecular weight excluding hydrogens is 543 g/mol. The van der Waals surface area contributed by atoms with Gasteiger partial charge in [-0.05, 0) is 53.9 Å². The van der Waals surface area contributed by atoms with Crippen LogP contribution in [0.5, 0.6) is 0 Å². The maximum absolute atomic E-state index is 5.03. The van der Waals surface area contributed by atoms with Crippen molar-refractivity contribution in [2.24, 2.45) is 0 Å². The Bertz CT molecular complexity index is 2050. The van der Waals surface area contributed by atoms with Crippen LogP contribution in [0.2, 0.25) is 0 Å². The van der Waals surface area contributed by atoms with Crippen molar-refractivity contribution in [2.75, 3.05) is 0 Å². The molecule has 4 aromatic heterocycles. The molecule has 1 unspecified atom stereocenters. The molecule has 7 aromatic rings. The van der Waals surface area contributed by atoms with Crippen LogP contribution in [-0.4, -0.2) is 19.5 Å². The van der Waals surface area contributed by atoms with Crippen LogP contribution in [0, 0.1) is 0 Å². The number of nitrogens with zero attached hydrogens (tertiary/aromatic N) is 4. The van der Waals surface area contributed by atoms with Crippen LogP contribution >= 0.6 is 23.1 Å². The fourth-order valence-electron chi connectivity index (χ4n) is 5.45. The van der Waals surface area contributed by atoms with Gasteiger partial charge in [-0.1, -0.05) is 54.6 Å². The Labute approximate surface area is 245 Å². The SMILES string of the molecule is C1=CSC(c2cccc(-c3ccc4c5ccc(-c6cccc(-c7nccs7)n6)cc5n(-c5ccccc5)c4c3)n2)N1. The molecule has 3 aromatic carbocycles. The number of rotatable bonds is 5. The smallest absolute Gasteiger partial charge is 0.141 e. The van der Waals surface area contributed by atoms with E-state index in [4.69, 9.17) is 9.97 Å². The first-order valence-electron chi connectivity index (χ1n) is 13.4. The zero-order valence-electron chi connectivity index (χ0n) is 21.8. The summed E-state index contributed by atoms with van der Waals surface area (Å²) in [6, 6.07) is 36.3. The molecule has 0 fully saturated rings. The molecule has 8 rings (SSSR count). The molecule has 0 radical (unpaired) electrons. The molecule has 41 heavy (non-hydrogen) atoms. The average Bonchev–Trinajstić information content (AvgIpc) is 3.82. The first-order chi connectivity index (χ1) is 20.3. The fourth-order valence-corrected chi connectivity index (χ4v) is 6.80. The van der Waals surface area contributed by atoms with E-state index in [9.17, 15) is 0 Å². The largest absolute Gasteiger partial charge is 0.374 e. The highest BCUT2D eigenvalue weighted by Gasteiger charge is 2.18. The Morgan fingerprint density at radius 2 is 1.39 bits per heavy atom. The number of hydrogen-bond donors (Lipinski definition) is 1. The van der Waals surface area contributed by atoms with Gasteiger partial charge in [-0.3, -0.25) is 0 Å². The fraction of sp³-hybridized carbons (Fsp3) is 0.0294. The van der Waals surface area contributed by atoms with Gasteiger partial charge in [0, 0.05) is 45.4 Å². The average molecular weight is 566 g/mol. The third-order valence-corrected chi connectivity index (χ3v) is 9.08. The van der Waals surface area contributed by atoms with Crippen LogP contribution in [0.3, 0.4) is 0 Å². The molecule has 5 nitrogen and oxygen atoms in total. The molecule has 0 amide bonds. The minimum Gasteiger partial charge on any atom is -0.374 e. The van der Waals surface area contributed by atoms with E-state index >= 15 is 0 Å². The van der Waals surface area contributed by atoms with Crippen molar-refractivity contribution in [1.82, 2.24) is 24.8 Å². The van der Waals surface area contributed by atoms with Gasteiger partial charge in [0.15, 0.2) is 0 Å². The van der Waals surface area contributed by atoms with Gasteiger partial charge in [0.05, 0.1) is 33.8 Å². The Hall–Kier alpha value is -4.72. The van der Waals surface area contributed by atoms with Crippen molar-refractivity contribution in [3.05, 3.63) is 132 Å². The summed E-state index contributed by atoms with van der Waals surface area (Å²) in [5.74, 6) is 0. The molecule has 1 N–H and O–H groups in total. The monoisotopic (exact) mass is 565 g/mol. The second-order valence-electron chi connectivity index (χ2n) is 9.81. The molecule has 0 saturated heterocycles. The number of fused-ring (bicyclic) bond motifs is 3. The number of thioether (sulfide) groups is 1. The predicted octanol–water partition coefficient (Wildman–Crippen LogP) is 8.84. The quantitative estimate of drug-likeness (QED) is 0.226. The molecule has 1 aliphatic heterocycles. The van der Waals surface area contributed by atoms with Crippen molar-refractivity contribution in [2.45, 2.75) is 5.37 Å². The molecule has 0 aliphatic carbocycles. The Kier molecular flexibility index (Phi) is 5.90. The summed E-state index contributed by atoms with van der Waals surface area (Å²) in [4.78, 5) is 14.4. The zero-order valence-corrected chi connectivity index (χ0v) is 23.4. The van der Waals surface area contributed by atoms with Crippen LogP contribution in [0.1, 0.15) is 11.1 Å². The van der Waals surface area contributed by atoms with Gasteiger partial charge in [0.2, 0.25) is 0 Å². The lowest BCUT2D eigenvalue weighted by Crippen LogP contribution is -2.09. The lowest BCUT2D eigenvalue weighted by Gasteiger charge is -2.12. The number of pyridine rings is 2.